The van der Waals surface area contributed by atoms with E-state index in [4.69, 9.17) is 14.2 Å². The number of esters is 1. The van der Waals surface area contributed by atoms with Gasteiger partial charge in [-0.2, -0.15) is 0 Å². The number of anilines is 1. The molecular formula is C30H26N2O7S. The highest BCUT2D eigenvalue weighted by Crippen LogP contribution is 2.35. The lowest BCUT2D eigenvalue weighted by molar-refractivity contribution is 0.0474. The molecule has 3 aromatic carbocycles. The molecular weight excluding hydrogens is 532 g/mol. The first-order chi connectivity index (χ1) is 19.2. The Hall–Kier alpha value is -4.83. The predicted molar refractivity (Wildman–Crippen MR) is 150 cm³/mol. The second-order valence-electron chi connectivity index (χ2n) is 9.10. The largest absolute Gasteiger partial charge is 0.454 e. The van der Waals surface area contributed by atoms with Crippen LogP contribution in [0.25, 0.3) is 11.8 Å². The number of Topliss-reactive ketones (excluding diaryl/α,β-unsaturated/α-hetero) is 1. The van der Waals surface area contributed by atoms with Gasteiger partial charge in [0.2, 0.25) is 12.6 Å². The predicted octanol–water partition coefficient (Wildman–Crippen LogP) is 5.28. The molecule has 0 unspecified atom stereocenters. The summed E-state index contributed by atoms with van der Waals surface area (Å²) in [5, 5.41) is 1.05. The first-order valence-electron chi connectivity index (χ1n) is 12.4. The van der Waals surface area contributed by atoms with Crippen LogP contribution < -0.4 is 14.2 Å². The second kappa shape index (κ2) is 11.1. The average molecular weight is 559 g/mol. The van der Waals surface area contributed by atoms with Gasteiger partial charge < -0.3 is 18.8 Å². The Bertz CT molecular complexity index is 1720. The van der Waals surface area contributed by atoms with E-state index >= 15 is 0 Å². The zero-order valence-corrected chi connectivity index (χ0v) is 22.6. The van der Waals surface area contributed by atoms with Crippen molar-refractivity contribution >= 4 is 33.5 Å². The number of aryl methyl sites for hydroxylation is 1. The number of carbonyl (C=O) groups excluding carboxylic acids is 2. The fraction of sp³-hybridized carbons (Fsp3) is 0.133. The van der Waals surface area contributed by atoms with E-state index in [0.29, 0.717) is 22.8 Å². The zero-order valence-electron chi connectivity index (χ0n) is 21.8. The van der Waals surface area contributed by atoms with Crippen LogP contribution in [0.1, 0.15) is 37.7 Å². The molecule has 1 aliphatic heterocycles. The molecule has 2 heterocycles. The van der Waals surface area contributed by atoms with Crippen molar-refractivity contribution in [3.05, 3.63) is 112 Å². The molecule has 1 aromatic heterocycles. The molecule has 0 saturated carbocycles. The van der Waals surface area contributed by atoms with Crippen molar-refractivity contribution in [2.45, 2.75) is 13.8 Å². The van der Waals surface area contributed by atoms with Crippen LogP contribution in [0, 0.1) is 13.8 Å². The second-order valence-corrected chi connectivity index (χ2v) is 10.7. The van der Waals surface area contributed by atoms with Crippen molar-refractivity contribution in [1.82, 2.24) is 4.57 Å². The van der Waals surface area contributed by atoms with E-state index in [9.17, 15) is 18.0 Å². The molecule has 0 saturated heterocycles. The van der Waals surface area contributed by atoms with E-state index in [-0.39, 0.29) is 23.8 Å². The number of rotatable bonds is 9. The van der Waals surface area contributed by atoms with Crippen LogP contribution >= 0.6 is 0 Å². The Morgan fingerprint density at radius 2 is 1.73 bits per heavy atom. The highest BCUT2D eigenvalue weighted by atomic mass is 32.2. The van der Waals surface area contributed by atoms with E-state index < -0.39 is 22.6 Å². The third-order valence-corrected chi connectivity index (χ3v) is 7.29. The van der Waals surface area contributed by atoms with Crippen LogP contribution in [-0.4, -0.2) is 38.1 Å². The first kappa shape index (κ1) is 26.8. The van der Waals surface area contributed by atoms with Crippen LogP contribution in [0.2, 0.25) is 0 Å². The van der Waals surface area contributed by atoms with Gasteiger partial charge in [0, 0.05) is 34.4 Å². The minimum absolute atomic E-state index is 0.103. The molecule has 0 fully saturated rings. The third-order valence-electron chi connectivity index (χ3n) is 6.28. The fourth-order valence-electron chi connectivity index (χ4n) is 4.40. The molecule has 4 aromatic rings. The molecule has 204 valence electrons. The van der Waals surface area contributed by atoms with Gasteiger partial charge >= 0.3 is 5.97 Å². The van der Waals surface area contributed by atoms with Crippen molar-refractivity contribution in [2.75, 3.05) is 18.1 Å². The molecule has 0 radical (unpaired) electrons. The van der Waals surface area contributed by atoms with Crippen molar-refractivity contribution < 1.29 is 32.2 Å². The number of aromatic nitrogens is 1. The van der Waals surface area contributed by atoms with E-state index in [2.05, 4.69) is 4.72 Å². The summed E-state index contributed by atoms with van der Waals surface area (Å²) < 4.78 is 45.4. The Morgan fingerprint density at radius 3 is 2.52 bits per heavy atom. The van der Waals surface area contributed by atoms with E-state index in [0.717, 1.165) is 22.4 Å². The van der Waals surface area contributed by atoms with Crippen LogP contribution in [0.15, 0.2) is 84.3 Å². The molecule has 0 spiro atoms. The summed E-state index contributed by atoms with van der Waals surface area (Å²) in [6.07, 6.45) is 1.47. The van der Waals surface area contributed by atoms with Crippen molar-refractivity contribution in [3.63, 3.8) is 0 Å². The smallest absolute Gasteiger partial charge is 0.338 e. The highest BCUT2D eigenvalue weighted by molar-refractivity contribution is 7.95. The topological polar surface area (TPSA) is 113 Å². The number of ketones is 1. The van der Waals surface area contributed by atoms with Crippen molar-refractivity contribution in [1.29, 1.82) is 0 Å². The summed E-state index contributed by atoms with van der Waals surface area (Å²) in [5.41, 5.74) is 3.77. The standard InChI is InChI=1S/C30H26N2O7S/c1-20-15-26(21(2)32(20)25-11-12-28-29(17-25)39-19-38-28)27(33)18-37-30(34)23-9-6-10-24(16-23)31-40(35,36)14-13-22-7-4-3-5-8-22/h3-17,31H,18-19H2,1-2H3. The van der Waals surface area contributed by atoms with Gasteiger partial charge in [0.1, 0.15) is 0 Å². The Morgan fingerprint density at radius 1 is 0.950 bits per heavy atom. The van der Waals surface area contributed by atoms with Crippen molar-refractivity contribution in [3.8, 4) is 17.2 Å². The molecule has 9 nitrogen and oxygen atoms in total. The van der Waals surface area contributed by atoms with Gasteiger partial charge in [0.05, 0.1) is 11.0 Å². The molecule has 40 heavy (non-hydrogen) atoms. The van der Waals surface area contributed by atoms with E-state index in [1.165, 1.54) is 30.3 Å². The lowest BCUT2D eigenvalue weighted by Gasteiger charge is -2.11. The van der Waals surface area contributed by atoms with Crippen LogP contribution in [-0.2, 0) is 14.8 Å². The van der Waals surface area contributed by atoms with Gasteiger partial charge in [-0.25, -0.2) is 13.2 Å². The minimum atomic E-state index is -3.82. The van der Waals surface area contributed by atoms with Gasteiger partial charge in [-0.1, -0.05) is 36.4 Å². The average Bonchev–Trinajstić information content (AvgIpc) is 3.53. The molecule has 5 rings (SSSR count). The number of ether oxygens (including phenoxy) is 3. The maximum atomic E-state index is 13.0. The summed E-state index contributed by atoms with van der Waals surface area (Å²) in [6, 6.07) is 22.1. The minimum Gasteiger partial charge on any atom is -0.454 e. The summed E-state index contributed by atoms with van der Waals surface area (Å²) in [4.78, 5) is 25.7. The highest BCUT2D eigenvalue weighted by Gasteiger charge is 2.21. The quantitative estimate of drug-likeness (QED) is 0.220. The molecule has 1 aliphatic rings. The van der Waals surface area contributed by atoms with Gasteiger partial charge in [-0.05, 0) is 61.9 Å². The number of benzene rings is 3. The van der Waals surface area contributed by atoms with Gasteiger partial charge in [-0.3, -0.25) is 9.52 Å². The fourth-order valence-corrected chi connectivity index (χ4v) is 5.26. The van der Waals surface area contributed by atoms with Gasteiger partial charge in [0.25, 0.3) is 10.0 Å². The SMILES string of the molecule is Cc1cc(C(=O)COC(=O)c2cccc(NS(=O)(=O)C=Cc3ccccc3)c2)c(C)n1-c1ccc2c(c1)OCO2. The normalized spacial score (nSPS) is 12.4. The lowest BCUT2D eigenvalue weighted by atomic mass is 10.1. The number of fused-ring (bicyclic) bond motifs is 1. The number of nitrogens with zero attached hydrogens (tertiary/aromatic N) is 1. The molecule has 0 amide bonds. The van der Waals surface area contributed by atoms with E-state index in [1.807, 2.05) is 42.7 Å². The van der Waals surface area contributed by atoms with Crippen LogP contribution in [0.5, 0.6) is 11.5 Å². The summed E-state index contributed by atoms with van der Waals surface area (Å²) in [7, 11) is -3.82. The van der Waals surface area contributed by atoms with Crippen LogP contribution in [0.4, 0.5) is 5.69 Å². The number of hydrogen-bond acceptors (Lipinski definition) is 7. The number of carbonyl (C=O) groups is 2. The maximum absolute atomic E-state index is 13.0. The monoisotopic (exact) mass is 558 g/mol. The zero-order chi connectivity index (χ0) is 28.3. The van der Waals surface area contributed by atoms with E-state index in [1.54, 1.807) is 30.3 Å². The molecule has 0 aliphatic carbocycles. The summed E-state index contributed by atoms with van der Waals surface area (Å²) in [5.74, 6) is 0.175. The van der Waals surface area contributed by atoms with Crippen molar-refractivity contribution in [2.24, 2.45) is 0 Å². The number of nitrogens with one attached hydrogen (secondary N) is 1. The molecule has 0 atom stereocenters. The van der Waals surface area contributed by atoms with Gasteiger partial charge in [0.15, 0.2) is 18.1 Å². The van der Waals surface area contributed by atoms with Crippen LogP contribution in [0.3, 0.4) is 0 Å². The maximum Gasteiger partial charge on any atom is 0.338 e. The third kappa shape index (κ3) is 5.92. The van der Waals surface area contributed by atoms with Gasteiger partial charge in [-0.15, -0.1) is 0 Å². The summed E-state index contributed by atoms with van der Waals surface area (Å²) in [6.45, 7) is 3.38. The number of hydrogen-bond donors (Lipinski definition) is 1. The molecule has 1 N–H and O–H groups in total. The Kier molecular flexibility index (Phi) is 7.43. The Balaban J connectivity index is 1.24. The molecule has 0 bridgehead atoms. The summed E-state index contributed by atoms with van der Waals surface area (Å²) >= 11 is 0. The first-order valence-corrected chi connectivity index (χ1v) is 13.9. The molecule has 10 heteroatoms. The Labute approximate surface area is 231 Å². The number of sulfonamides is 1. The lowest BCUT2D eigenvalue weighted by Crippen LogP contribution is -2.15.